The molecule has 10 heavy (non-hydrogen) atoms. The van der Waals surface area contributed by atoms with Gasteiger partial charge in [0.1, 0.15) is 16.2 Å². The van der Waals surface area contributed by atoms with Gasteiger partial charge >= 0.3 is 0 Å². The molecule has 7 heteroatoms. The molecule has 0 radical (unpaired) electrons. The van der Waals surface area contributed by atoms with Gasteiger partial charge in [0.15, 0.2) is 0 Å². The normalized spacial score (nSPS) is 2.40. The van der Waals surface area contributed by atoms with Crippen LogP contribution in [0.2, 0.25) is 0 Å². The number of thiol groups is 3. The first-order valence-corrected chi connectivity index (χ1v) is 2.68. The molecule has 0 spiro atoms. The number of thiocyanates is 3. The molecule has 0 aliphatic heterocycles. The van der Waals surface area contributed by atoms with Crippen molar-refractivity contribution in [2.24, 2.45) is 0 Å². The van der Waals surface area contributed by atoms with Crippen molar-refractivity contribution in [3.63, 3.8) is 0 Å². The third-order valence-electron chi connectivity index (χ3n) is 0. The summed E-state index contributed by atoms with van der Waals surface area (Å²) < 4.78 is 0. The molecule has 0 aliphatic rings. The van der Waals surface area contributed by atoms with E-state index in [1.165, 1.54) is 16.2 Å². The Hall–Kier alpha value is -0.0500. The average Bonchev–Trinajstić information content (AvgIpc) is 1.70. The first kappa shape index (κ1) is 22.5. The molecule has 0 amide bonds. The lowest BCUT2D eigenvalue weighted by Gasteiger charge is -1.14. The van der Waals surface area contributed by atoms with E-state index in [1.807, 2.05) is 0 Å². The average molecular weight is 211 g/mol. The summed E-state index contributed by atoms with van der Waals surface area (Å²) in [7, 11) is 0. The number of hydrogen-bond acceptors (Lipinski definition) is 6. The van der Waals surface area contributed by atoms with Gasteiger partial charge < -0.3 is 0 Å². The Morgan fingerprint density at radius 3 is 0.700 bits per heavy atom. The predicted octanol–water partition coefficient (Wildman–Crippen LogP) is 1.25. The molecule has 1 unspecified atom stereocenters. The highest BCUT2D eigenvalue weighted by atomic mass is 32.1. The second-order valence-corrected chi connectivity index (χ2v) is 0.900. The fraction of sp³-hybridized carbons (Fsp3) is 0. The molecule has 0 aromatic heterocycles. The lowest BCUT2D eigenvalue weighted by Crippen LogP contribution is -0.961. The minimum absolute atomic E-state index is 0. The van der Waals surface area contributed by atoms with Crippen LogP contribution >= 0.6 is 47.8 Å². The number of rotatable bonds is 0. The highest BCUT2D eigenvalue weighted by Gasteiger charge is 1.18. The van der Waals surface area contributed by atoms with Gasteiger partial charge in [-0.15, -0.1) is 0 Å². The molecule has 0 fully saturated rings. The zero-order valence-corrected chi connectivity index (χ0v) is 8.99. The van der Waals surface area contributed by atoms with Crippen molar-refractivity contribution in [2.45, 2.75) is 0 Å². The molecule has 56 valence electrons. The molecular formula is C3H6N3PS3. The van der Waals surface area contributed by atoms with E-state index in [1.54, 1.807) is 0 Å². The van der Waals surface area contributed by atoms with Crippen molar-refractivity contribution in [1.29, 1.82) is 15.8 Å². The third kappa shape index (κ3) is 154000. The Labute approximate surface area is 79.9 Å². The molecule has 0 aromatic rings. The Morgan fingerprint density at radius 1 is 0.700 bits per heavy atom. The second-order valence-electron chi connectivity index (χ2n) is 0.300. The molecule has 0 rings (SSSR count). The van der Waals surface area contributed by atoms with Gasteiger partial charge in [-0.2, -0.15) is 25.7 Å². The largest absolute Gasteiger partial charge is 0.185 e. The summed E-state index contributed by atoms with van der Waals surface area (Å²) in [4.78, 5) is 0. The molecule has 0 bridgehead atoms. The van der Waals surface area contributed by atoms with Crippen molar-refractivity contribution in [3.05, 3.63) is 0 Å². The van der Waals surface area contributed by atoms with Crippen LogP contribution < -0.4 is 0 Å². The Bertz CT molecular complexity index is 112. The predicted molar refractivity (Wildman–Crippen MR) is 54.9 cm³/mol. The minimum atomic E-state index is 0. The van der Waals surface area contributed by atoms with Crippen molar-refractivity contribution in [3.8, 4) is 16.2 Å². The van der Waals surface area contributed by atoms with E-state index < -0.39 is 0 Å². The topological polar surface area (TPSA) is 71.4 Å². The fourth-order valence-corrected chi connectivity index (χ4v) is 0. The Kier molecular flexibility index (Phi) is 146. The van der Waals surface area contributed by atoms with Crippen molar-refractivity contribution >= 4 is 47.8 Å². The second kappa shape index (κ2) is 65.0. The van der Waals surface area contributed by atoms with E-state index in [0.717, 1.165) is 0 Å². The number of nitriles is 3. The van der Waals surface area contributed by atoms with Gasteiger partial charge in [0, 0.05) is 0 Å². The third-order valence-corrected chi connectivity index (χ3v) is 0. The van der Waals surface area contributed by atoms with E-state index in [-0.39, 0.29) is 9.90 Å². The molecule has 3 nitrogen and oxygen atoms in total. The van der Waals surface area contributed by atoms with Gasteiger partial charge in [-0.3, -0.25) is 0 Å². The zero-order valence-electron chi connectivity index (χ0n) is 4.89. The van der Waals surface area contributed by atoms with Gasteiger partial charge in [-0.1, -0.05) is 37.9 Å². The molecule has 0 N–H and O–H groups in total. The van der Waals surface area contributed by atoms with Crippen LogP contribution in [0.25, 0.3) is 0 Å². The molecule has 0 aromatic carbocycles. The van der Waals surface area contributed by atoms with E-state index in [4.69, 9.17) is 15.8 Å². The van der Waals surface area contributed by atoms with Gasteiger partial charge in [0.25, 0.3) is 0 Å². The van der Waals surface area contributed by atoms with Crippen molar-refractivity contribution in [2.75, 3.05) is 0 Å². The molecule has 0 saturated heterocycles. The highest BCUT2D eigenvalue weighted by molar-refractivity contribution is 7.85. The standard InChI is InChI=1S/3CHNS.H3P/c3*2-1-3;/h3*3H;1H3. The fourth-order valence-electron chi connectivity index (χ4n) is 0. The first-order valence-electron chi connectivity index (χ1n) is 1.34. The van der Waals surface area contributed by atoms with Crippen LogP contribution in [0.1, 0.15) is 0 Å². The summed E-state index contributed by atoms with van der Waals surface area (Å²) in [6.07, 6.45) is 0. The maximum atomic E-state index is 7.18. The smallest absolute Gasteiger partial charge is 0.130 e. The molecule has 1 atom stereocenters. The van der Waals surface area contributed by atoms with E-state index >= 15 is 0 Å². The summed E-state index contributed by atoms with van der Waals surface area (Å²) in [5.41, 5.74) is 0. The van der Waals surface area contributed by atoms with Crippen molar-refractivity contribution in [1.82, 2.24) is 0 Å². The number of hydrogen-bond donors (Lipinski definition) is 3. The van der Waals surface area contributed by atoms with Crippen LogP contribution in [0.15, 0.2) is 0 Å². The van der Waals surface area contributed by atoms with Crippen LogP contribution in [-0.4, -0.2) is 0 Å². The molecule has 0 aliphatic carbocycles. The summed E-state index contributed by atoms with van der Waals surface area (Å²) in [6.45, 7) is 0. The quantitative estimate of drug-likeness (QED) is 0.321. The monoisotopic (exact) mass is 211 g/mol. The van der Waals surface area contributed by atoms with Crippen LogP contribution in [0.5, 0.6) is 0 Å². The van der Waals surface area contributed by atoms with E-state index in [0.29, 0.717) is 0 Å². The lowest BCUT2D eigenvalue weighted by atomic mass is 11.8. The van der Waals surface area contributed by atoms with Crippen molar-refractivity contribution < 1.29 is 0 Å². The van der Waals surface area contributed by atoms with Crippen LogP contribution in [0, 0.1) is 32.0 Å². The Morgan fingerprint density at radius 2 is 0.700 bits per heavy atom. The highest BCUT2D eigenvalue weighted by Crippen LogP contribution is 1.47. The first-order chi connectivity index (χ1) is 4.24. The molecule has 0 saturated carbocycles. The van der Waals surface area contributed by atoms with E-state index in [9.17, 15) is 0 Å². The maximum absolute atomic E-state index is 7.18. The SMILES string of the molecule is N#CS.N#CS.N#CS.P. The Balaban J connectivity index is -0.0000000257. The molecule has 0 heterocycles. The summed E-state index contributed by atoms with van der Waals surface area (Å²) >= 11 is 9.28. The lowest BCUT2D eigenvalue weighted by molar-refractivity contribution is 1.57. The summed E-state index contributed by atoms with van der Waals surface area (Å²) in [5.74, 6) is 0. The van der Waals surface area contributed by atoms with Crippen LogP contribution in [0.3, 0.4) is 0 Å². The summed E-state index contributed by atoms with van der Waals surface area (Å²) in [6, 6.07) is 0. The zero-order chi connectivity index (χ0) is 8.12. The van der Waals surface area contributed by atoms with Gasteiger partial charge in [0.2, 0.25) is 0 Å². The minimum Gasteiger partial charge on any atom is -0.185 e. The maximum Gasteiger partial charge on any atom is 0.130 e. The van der Waals surface area contributed by atoms with Crippen LogP contribution in [-0.2, 0) is 0 Å². The van der Waals surface area contributed by atoms with Gasteiger partial charge in [0.05, 0.1) is 0 Å². The summed E-state index contributed by atoms with van der Waals surface area (Å²) in [5, 5.41) is 25.9. The van der Waals surface area contributed by atoms with Gasteiger partial charge in [-0.25, -0.2) is 0 Å². The van der Waals surface area contributed by atoms with Crippen LogP contribution in [0.4, 0.5) is 0 Å². The van der Waals surface area contributed by atoms with E-state index in [2.05, 4.69) is 37.9 Å². The number of nitrogens with zero attached hydrogens (tertiary/aromatic N) is 3. The van der Waals surface area contributed by atoms with Gasteiger partial charge in [-0.05, 0) is 0 Å². The molecular weight excluding hydrogens is 205 g/mol.